The van der Waals surface area contributed by atoms with Gasteiger partial charge in [0.05, 0.1) is 22.4 Å². The van der Waals surface area contributed by atoms with E-state index in [0.29, 0.717) is 58.2 Å². The highest BCUT2D eigenvalue weighted by molar-refractivity contribution is 7.21. The molecule has 1 atom stereocenters. The molecule has 12 nitrogen and oxygen atoms in total. The van der Waals surface area contributed by atoms with Gasteiger partial charge in [0.2, 0.25) is 0 Å². The van der Waals surface area contributed by atoms with Crippen LogP contribution in [-0.2, 0) is 4.79 Å². The van der Waals surface area contributed by atoms with Crippen molar-refractivity contribution in [3.05, 3.63) is 83.1 Å². The average molecular weight is 645 g/mol. The van der Waals surface area contributed by atoms with Gasteiger partial charge in [0.1, 0.15) is 21.2 Å². The molecule has 0 bridgehead atoms. The second-order valence-corrected chi connectivity index (χ2v) is 11.7. The standard InChI is InChI=1S/C32H29FN6O6S/c1-18-16-21(45-20-7-3-2-4-8-20)9-10-23(18)39-24-12-14-34-29-25(24)26(37-31(39)42)27(46-29)28(40)36-19-6-5-15-38(17-19)30(41)22(33)11-13-35-32(43)44/h2-4,7-12,14,16,19,35H,5-6,13,15,17H2,1H3,(H,36,40)(H,37,42)(H,43,44)/b22-11-. The third-order valence-electron chi connectivity index (χ3n) is 7.62. The molecule has 2 aromatic heterocycles. The molecule has 14 heteroatoms. The Morgan fingerprint density at radius 3 is 2.72 bits per heavy atom. The van der Waals surface area contributed by atoms with Crippen molar-refractivity contribution < 1.29 is 33.4 Å². The molecule has 4 heterocycles. The van der Waals surface area contributed by atoms with E-state index >= 15 is 0 Å². The lowest BCUT2D eigenvalue weighted by molar-refractivity contribution is -0.130. The quantitative estimate of drug-likeness (QED) is 0.174. The third kappa shape index (κ3) is 6.19. The number of carbonyl (C=O) groups excluding carboxylic acids is 3. The summed E-state index contributed by atoms with van der Waals surface area (Å²) in [6.07, 6.45) is 2.22. The molecule has 4 N–H and O–H groups in total. The van der Waals surface area contributed by atoms with E-state index in [2.05, 4.69) is 15.6 Å². The van der Waals surface area contributed by atoms with Gasteiger partial charge in [0.25, 0.3) is 11.8 Å². The number of ether oxygens (including phenoxy) is 1. The van der Waals surface area contributed by atoms with E-state index in [1.165, 1.54) is 4.90 Å². The summed E-state index contributed by atoms with van der Waals surface area (Å²) in [5.74, 6) is -1.08. The minimum atomic E-state index is -1.33. The van der Waals surface area contributed by atoms with Gasteiger partial charge in [-0.3, -0.25) is 14.5 Å². The molecule has 0 aliphatic carbocycles. The number of carbonyl (C=O) groups is 4. The summed E-state index contributed by atoms with van der Waals surface area (Å²) in [5, 5.41) is 17.1. The fraction of sp³-hybridized carbons (Fsp3) is 0.219. The Bertz CT molecular complexity index is 1880. The van der Waals surface area contributed by atoms with Crippen LogP contribution < -0.4 is 25.6 Å². The zero-order valence-corrected chi connectivity index (χ0v) is 25.4. The molecule has 236 valence electrons. The van der Waals surface area contributed by atoms with Gasteiger partial charge in [-0.2, -0.15) is 0 Å². The van der Waals surface area contributed by atoms with Crippen LogP contribution in [0.3, 0.4) is 0 Å². The number of nitrogens with one attached hydrogen (secondary N) is 3. The van der Waals surface area contributed by atoms with Crippen molar-refractivity contribution in [2.24, 2.45) is 0 Å². The van der Waals surface area contributed by atoms with Gasteiger partial charge in [-0.25, -0.2) is 19.0 Å². The number of benzene rings is 2. The van der Waals surface area contributed by atoms with Crippen molar-refractivity contribution in [3.8, 4) is 11.5 Å². The number of halogens is 1. The van der Waals surface area contributed by atoms with Gasteiger partial charge in [0.15, 0.2) is 5.83 Å². The van der Waals surface area contributed by atoms with E-state index in [1.54, 1.807) is 29.3 Å². The van der Waals surface area contributed by atoms with E-state index in [1.807, 2.05) is 48.6 Å². The Morgan fingerprint density at radius 1 is 1.15 bits per heavy atom. The maximum absolute atomic E-state index is 14.4. The van der Waals surface area contributed by atoms with E-state index in [9.17, 15) is 23.6 Å². The van der Waals surface area contributed by atoms with Crippen LogP contribution in [0.4, 0.5) is 31.0 Å². The number of aryl methyl sites for hydroxylation is 1. The summed E-state index contributed by atoms with van der Waals surface area (Å²) < 4.78 is 20.3. The first-order chi connectivity index (χ1) is 22.2. The van der Waals surface area contributed by atoms with E-state index in [4.69, 9.17) is 9.84 Å². The van der Waals surface area contributed by atoms with E-state index in [0.717, 1.165) is 23.0 Å². The SMILES string of the molecule is Cc1cc(Oc2ccccc2)ccc1N1C(=O)Nc2c(C(=O)NC3CCCN(C(=O)/C(F)=C/CNC(=O)O)C3)sc3nccc1c23. The zero-order chi connectivity index (χ0) is 32.4. The maximum atomic E-state index is 14.4. The minimum absolute atomic E-state index is 0.0747. The Labute approximate surface area is 266 Å². The number of carboxylic acid groups (broad SMARTS) is 1. The van der Waals surface area contributed by atoms with Crippen LogP contribution in [0.5, 0.6) is 11.5 Å². The van der Waals surface area contributed by atoms with E-state index in [-0.39, 0.29) is 18.0 Å². The minimum Gasteiger partial charge on any atom is -0.465 e. The zero-order valence-electron chi connectivity index (χ0n) is 24.6. The topological polar surface area (TPSA) is 153 Å². The molecule has 1 unspecified atom stereocenters. The third-order valence-corrected chi connectivity index (χ3v) is 8.72. The Morgan fingerprint density at radius 2 is 1.96 bits per heavy atom. The predicted octanol–water partition coefficient (Wildman–Crippen LogP) is 5.92. The van der Waals surface area contributed by atoms with Gasteiger partial charge >= 0.3 is 12.1 Å². The highest BCUT2D eigenvalue weighted by Gasteiger charge is 2.34. The first-order valence-electron chi connectivity index (χ1n) is 14.5. The number of rotatable bonds is 8. The van der Waals surface area contributed by atoms with Crippen molar-refractivity contribution in [2.45, 2.75) is 25.8 Å². The number of pyridine rings is 1. The Kier molecular flexibility index (Phi) is 8.53. The molecule has 1 saturated heterocycles. The number of amides is 5. The molecule has 4 aromatic rings. The lowest BCUT2D eigenvalue weighted by Gasteiger charge is -2.33. The fourth-order valence-electron chi connectivity index (χ4n) is 5.55. The number of hydrogen-bond donors (Lipinski definition) is 4. The molecule has 1 fully saturated rings. The largest absolute Gasteiger partial charge is 0.465 e. The first kappa shape index (κ1) is 30.5. The van der Waals surface area contributed by atoms with Gasteiger partial charge < -0.3 is 30.7 Å². The summed E-state index contributed by atoms with van der Waals surface area (Å²) in [6, 6.07) is 15.6. The maximum Gasteiger partial charge on any atom is 0.404 e. The van der Waals surface area contributed by atoms with Crippen molar-refractivity contribution in [1.82, 2.24) is 20.5 Å². The molecule has 5 amide bonds. The number of aromatic nitrogens is 1. The summed E-state index contributed by atoms with van der Waals surface area (Å²) in [7, 11) is 0. The first-order valence-corrected chi connectivity index (χ1v) is 15.3. The highest BCUT2D eigenvalue weighted by Crippen LogP contribution is 2.46. The molecule has 2 aromatic carbocycles. The summed E-state index contributed by atoms with van der Waals surface area (Å²) >= 11 is 1.14. The van der Waals surface area contributed by atoms with Crippen molar-refractivity contribution in [1.29, 1.82) is 0 Å². The number of nitrogens with zero attached hydrogens (tertiary/aromatic N) is 3. The van der Waals surface area contributed by atoms with Crippen LogP contribution in [0.1, 0.15) is 28.1 Å². The van der Waals surface area contributed by atoms with Crippen molar-refractivity contribution >= 4 is 62.6 Å². The van der Waals surface area contributed by atoms with E-state index < -0.39 is 35.8 Å². The summed E-state index contributed by atoms with van der Waals surface area (Å²) in [6.45, 7) is 1.91. The normalized spacial score (nSPS) is 16.2. The Hall–Kier alpha value is -5.50. The van der Waals surface area contributed by atoms with Crippen molar-refractivity contribution in [2.75, 3.05) is 29.9 Å². The molecule has 6 rings (SSSR count). The number of likely N-dealkylation sites (tertiary alicyclic amines) is 1. The number of anilines is 3. The molecule has 0 radical (unpaired) electrons. The van der Waals surface area contributed by atoms with Crippen LogP contribution >= 0.6 is 11.3 Å². The molecular formula is C32H29FN6O6S. The molecule has 2 aliphatic heterocycles. The lowest BCUT2D eigenvalue weighted by Crippen LogP contribution is -2.49. The van der Waals surface area contributed by atoms with Gasteiger partial charge in [-0.1, -0.05) is 18.2 Å². The number of piperidine rings is 1. The highest BCUT2D eigenvalue weighted by atomic mass is 32.1. The fourth-order valence-corrected chi connectivity index (χ4v) is 6.57. The van der Waals surface area contributed by atoms with Gasteiger partial charge in [-0.15, -0.1) is 11.3 Å². The smallest absolute Gasteiger partial charge is 0.404 e. The number of para-hydroxylation sites is 1. The number of hydrogen-bond acceptors (Lipinski definition) is 7. The van der Waals surface area contributed by atoms with Crippen LogP contribution in [-0.4, -0.2) is 64.6 Å². The van der Waals surface area contributed by atoms with Crippen LogP contribution in [0.2, 0.25) is 0 Å². The second-order valence-electron chi connectivity index (χ2n) is 10.7. The van der Waals surface area contributed by atoms with Crippen LogP contribution in [0, 0.1) is 6.92 Å². The number of thiophene rings is 1. The molecule has 0 saturated carbocycles. The summed E-state index contributed by atoms with van der Waals surface area (Å²) in [5.41, 5.74) is 2.37. The van der Waals surface area contributed by atoms with Gasteiger partial charge in [0, 0.05) is 31.9 Å². The average Bonchev–Trinajstić information content (AvgIpc) is 3.41. The monoisotopic (exact) mass is 644 g/mol. The molecular weight excluding hydrogens is 615 g/mol. The molecule has 0 spiro atoms. The Balaban J connectivity index is 1.21. The predicted molar refractivity (Wildman–Crippen MR) is 171 cm³/mol. The van der Waals surface area contributed by atoms with Crippen molar-refractivity contribution in [3.63, 3.8) is 0 Å². The second kappa shape index (κ2) is 12.9. The number of urea groups is 1. The van der Waals surface area contributed by atoms with Crippen LogP contribution in [0.15, 0.2) is 72.7 Å². The lowest BCUT2D eigenvalue weighted by atomic mass is 10.0. The summed E-state index contributed by atoms with van der Waals surface area (Å²) in [4.78, 5) is 58.4. The molecule has 46 heavy (non-hydrogen) atoms. The van der Waals surface area contributed by atoms with Crippen LogP contribution in [0.25, 0.3) is 10.2 Å². The van der Waals surface area contributed by atoms with Gasteiger partial charge in [-0.05, 0) is 67.8 Å². The molecule has 2 aliphatic rings.